The summed E-state index contributed by atoms with van der Waals surface area (Å²) < 4.78 is 4.85. The van der Waals surface area contributed by atoms with E-state index >= 15 is 0 Å². The molecule has 3 N–H and O–H groups in total. The molecule has 116 valence electrons. The van der Waals surface area contributed by atoms with Crippen LogP contribution in [0.1, 0.15) is 12.5 Å². The van der Waals surface area contributed by atoms with E-state index in [0.29, 0.717) is 5.56 Å². The summed E-state index contributed by atoms with van der Waals surface area (Å²) in [6.07, 6.45) is 2.09. The average molecular weight is 304 g/mol. The van der Waals surface area contributed by atoms with Gasteiger partial charge in [-0.15, -0.1) is 0 Å². The molecular weight excluding hydrogens is 288 g/mol. The molecule has 0 saturated carbocycles. The topological polar surface area (TPSA) is 104 Å². The van der Waals surface area contributed by atoms with Crippen molar-refractivity contribution in [2.75, 3.05) is 6.61 Å². The number of rotatable bonds is 4. The largest absolute Gasteiger partial charge is 0.508 e. The van der Waals surface area contributed by atoms with Gasteiger partial charge < -0.3 is 20.1 Å². The minimum atomic E-state index is -2.41. The lowest BCUT2D eigenvalue weighted by Crippen LogP contribution is -2.51. The third kappa shape index (κ3) is 2.60. The Balaban J connectivity index is 2.63. The van der Waals surface area contributed by atoms with Gasteiger partial charge in [-0.25, -0.2) is 4.79 Å². The zero-order valence-corrected chi connectivity index (χ0v) is 11.9. The lowest BCUT2D eigenvalue weighted by atomic mass is 9.74. The SMILES string of the molecule is CCOC(=O)C1(O)C(c2ccccc2)=CC(O)=CC1C(=O)O. The van der Waals surface area contributed by atoms with Gasteiger partial charge in [-0.3, -0.25) is 4.79 Å². The summed E-state index contributed by atoms with van der Waals surface area (Å²) in [5.41, 5.74) is -2.00. The second-order valence-electron chi connectivity index (χ2n) is 4.82. The molecule has 0 aromatic heterocycles. The Kier molecular flexibility index (Phi) is 4.32. The molecule has 22 heavy (non-hydrogen) atoms. The Labute approximate surface area is 127 Å². The predicted octanol–water partition coefficient (Wildman–Crippen LogP) is 1.52. The number of carbonyl (C=O) groups excluding carboxylic acids is 1. The number of allylic oxidation sites excluding steroid dienone is 1. The molecule has 2 unspecified atom stereocenters. The summed E-state index contributed by atoms with van der Waals surface area (Å²) in [7, 11) is 0. The molecule has 2 rings (SSSR count). The Morgan fingerprint density at radius 2 is 1.91 bits per heavy atom. The number of hydrogen-bond acceptors (Lipinski definition) is 5. The standard InChI is InChI=1S/C16H16O6/c1-2-22-15(20)16(21)12(10-6-4-3-5-7-10)8-11(17)9-13(16)14(18)19/h3-9,13,17,21H,2H2,1H3,(H,18,19). The van der Waals surface area contributed by atoms with E-state index in [4.69, 9.17) is 4.74 Å². The first kappa shape index (κ1) is 15.8. The van der Waals surface area contributed by atoms with E-state index < -0.39 is 23.5 Å². The van der Waals surface area contributed by atoms with Crippen molar-refractivity contribution in [3.63, 3.8) is 0 Å². The van der Waals surface area contributed by atoms with Gasteiger partial charge in [0.15, 0.2) is 0 Å². The molecule has 1 aromatic carbocycles. The third-order valence-corrected chi connectivity index (χ3v) is 3.43. The fraction of sp³-hybridized carbons (Fsp3) is 0.250. The first-order valence-electron chi connectivity index (χ1n) is 6.72. The third-order valence-electron chi connectivity index (χ3n) is 3.43. The summed E-state index contributed by atoms with van der Waals surface area (Å²) in [5.74, 6) is -4.49. The smallest absolute Gasteiger partial charge is 0.344 e. The van der Waals surface area contributed by atoms with Gasteiger partial charge in [0.05, 0.1) is 6.61 Å². The van der Waals surface area contributed by atoms with Crippen molar-refractivity contribution in [1.29, 1.82) is 0 Å². The predicted molar refractivity (Wildman–Crippen MR) is 77.8 cm³/mol. The van der Waals surface area contributed by atoms with E-state index in [-0.39, 0.29) is 17.9 Å². The van der Waals surface area contributed by atoms with E-state index in [1.807, 2.05) is 0 Å². The number of carboxylic acids is 1. The minimum absolute atomic E-state index is 0.00868. The van der Waals surface area contributed by atoms with Crippen LogP contribution in [0.5, 0.6) is 0 Å². The molecule has 0 saturated heterocycles. The van der Waals surface area contributed by atoms with Crippen molar-refractivity contribution >= 4 is 17.5 Å². The van der Waals surface area contributed by atoms with Gasteiger partial charge in [0.25, 0.3) is 0 Å². The highest BCUT2D eigenvalue weighted by molar-refractivity contribution is 6.02. The highest BCUT2D eigenvalue weighted by Gasteiger charge is 2.53. The summed E-state index contributed by atoms with van der Waals surface area (Å²) in [6.45, 7) is 1.55. The number of carboxylic acid groups (broad SMARTS) is 1. The lowest BCUT2D eigenvalue weighted by molar-refractivity contribution is -0.168. The molecule has 0 amide bonds. The number of carbonyl (C=O) groups is 2. The maximum absolute atomic E-state index is 12.2. The van der Waals surface area contributed by atoms with Crippen molar-refractivity contribution in [2.45, 2.75) is 12.5 Å². The van der Waals surface area contributed by atoms with Crippen LogP contribution in [0.15, 0.2) is 48.2 Å². The Morgan fingerprint density at radius 3 is 2.45 bits per heavy atom. The minimum Gasteiger partial charge on any atom is -0.508 e. The molecule has 0 radical (unpaired) electrons. The van der Waals surface area contributed by atoms with Gasteiger partial charge in [-0.1, -0.05) is 30.3 Å². The number of hydrogen-bond donors (Lipinski definition) is 3. The van der Waals surface area contributed by atoms with Gasteiger partial charge in [-0.2, -0.15) is 0 Å². The number of aliphatic hydroxyl groups excluding tert-OH is 1. The van der Waals surface area contributed by atoms with Crippen LogP contribution in [0.3, 0.4) is 0 Å². The summed E-state index contributed by atoms with van der Waals surface area (Å²) in [6, 6.07) is 8.29. The van der Waals surface area contributed by atoms with Crippen LogP contribution in [0.2, 0.25) is 0 Å². The number of aliphatic hydroxyl groups is 2. The molecule has 0 aliphatic heterocycles. The molecule has 6 heteroatoms. The molecule has 0 spiro atoms. The van der Waals surface area contributed by atoms with Crippen LogP contribution >= 0.6 is 0 Å². The highest BCUT2D eigenvalue weighted by Crippen LogP contribution is 2.40. The number of aliphatic carboxylic acids is 1. The second-order valence-corrected chi connectivity index (χ2v) is 4.82. The summed E-state index contributed by atoms with van der Waals surface area (Å²) in [5, 5.41) is 29.9. The molecule has 1 aliphatic rings. The van der Waals surface area contributed by atoms with E-state index in [2.05, 4.69) is 0 Å². The molecule has 0 bridgehead atoms. The van der Waals surface area contributed by atoms with Crippen LogP contribution in [-0.2, 0) is 14.3 Å². The molecule has 1 aromatic rings. The van der Waals surface area contributed by atoms with Crippen molar-refractivity contribution in [3.05, 3.63) is 53.8 Å². The number of benzene rings is 1. The first-order valence-corrected chi connectivity index (χ1v) is 6.72. The average Bonchev–Trinajstić information content (AvgIpc) is 2.50. The monoisotopic (exact) mass is 304 g/mol. The van der Waals surface area contributed by atoms with Gasteiger partial charge in [0.2, 0.25) is 5.60 Å². The first-order chi connectivity index (χ1) is 10.4. The molecule has 6 nitrogen and oxygen atoms in total. The van der Waals surface area contributed by atoms with E-state index in [1.165, 1.54) is 6.08 Å². The maximum Gasteiger partial charge on any atom is 0.344 e. The lowest BCUT2D eigenvalue weighted by Gasteiger charge is -2.34. The van der Waals surface area contributed by atoms with Crippen molar-refractivity contribution in [2.24, 2.45) is 5.92 Å². The fourth-order valence-electron chi connectivity index (χ4n) is 2.41. The van der Waals surface area contributed by atoms with E-state index in [0.717, 1.165) is 6.08 Å². The highest BCUT2D eigenvalue weighted by atomic mass is 16.5. The molecule has 2 atom stereocenters. The Bertz CT molecular complexity index is 646. The van der Waals surface area contributed by atoms with Crippen molar-refractivity contribution in [3.8, 4) is 0 Å². The van der Waals surface area contributed by atoms with Gasteiger partial charge in [0.1, 0.15) is 11.7 Å². The molecular formula is C16H16O6. The van der Waals surface area contributed by atoms with Crippen LogP contribution in [-0.4, -0.2) is 39.5 Å². The van der Waals surface area contributed by atoms with Gasteiger partial charge in [-0.05, 0) is 24.6 Å². The Morgan fingerprint density at radius 1 is 1.27 bits per heavy atom. The molecule has 0 heterocycles. The zero-order chi connectivity index (χ0) is 16.3. The van der Waals surface area contributed by atoms with Crippen molar-refractivity contribution < 1.29 is 29.6 Å². The normalized spacial score (nSPS) is 24.2. The molecule has 0 fully saturated rings. The summed E-state index contributed by atoms with van der Waals surface area (Å²) >= 11 is 0. The summed E-state index contributed by atoms with van der Waals surface area (Å²) in [4.78, 5) is 23.7. The van der Waals surface area contributed by atoms with Gasteiger partial charge >= 0.3 is 11.9 Å². The van der Waals surface area contributed by atoms with Crippen LogP contribution < -0.4 is 0 Å². The second kappa shape index (κ2) is 6.03. The fourth-order valence-corrected chi connectivity index (χ4v) is 2.41. The van der Waals surface area contributed by atoms with E-state index in [9.17, 15) is 24.9 Å². The number of ether oxygens (including phenoxy) is 1. The zero-order valence-electron chi connectivity index (χ0n) is 11.9. The van der Waals surface area contributed by atoms with Crippen molar-refractivity contribution in [1.82, 2.24) is 0 Å². The van der Waals surface area contributed by atoms with Crippen LogP contribution in [0, 0.1) is 5.92 Å². The van der Waals surface area contributed by atoms with Crippen LogP contribution in [0.4, 0.5) is 0 Å². The number of esters is 1. The van der Waals surface area contributed by atoms with Crippen LogP contribution in [0.25, 0.3) is 5.57 Å². The maximum atomic E-state index is 12.2. The molecule has 1 aliphatic carbocycles. The van der Waals surface area contributed by atoms with Gasteiger partial charge in [0, 0.05) is 5.57 Å². The Hall–Kier alpha value is -2.60. The van der Waals surface area contributed by atoms with E-state index in [1.54, 1.807) is 37.3 Å². The quantitative estimate of drug-likeness (QED) is 0.729.